The minimum Gasteiger partial charge on any atom is -0.322 e. The Hall–Kier alpha value is -3.58. The zero-order valence-electron chi connectivity index (χ0n) is 17.1. The van der Waals surface area contributed by atoms with Crippen LogP contribution in [-0.4, -0.2) is 27.4 Å². The maximum Gasteiger partial charge on any atom is 0.258 e. The SMILES string of the molecule is O=C(Nc1cccc(-c2nccc3ccccc23)c1)c1ccc(N2CCCS2=O)cc1F. The molecule has 1 saturated heterocycles. The van der Waals surface area contributed by atoms with E-state index in [1.54, 1.807) is 22.6 Å². The highest BCUT2D eigenvalue weighted by Gasteiger charge is 2.22. The maximum atomic E-state index is 14.7. The van der Waals surface area contributed by atoms with E-state index in [0.717, 1.165) is 28.5 Å². The molecular formula is C25H20FN3O2S. The largest absolute Gasteiger partial charge is 0.322 e. The first-order chi connectivity index (χ1) is 15.6. The van der Waals surface area contributed by atoms with Gasteiger partial charge in [0.05, 0.1) is 16.9 Å². The Kier molecular flexibility index (Phi) is 5.41. The fraction of sp³-hybridized carbons (Fsp3) is 0.120. The summed E-state index contributed by atoms with van der Waals surface area (Å²) in [4.78, 5) is 17.3. The average molecular weight is 446 g/mol. The van der Waals surface area contributed by atoms with Crippen LogP contribution in [0.2, 0.25) is 0 Å². The predicted octanol–water partition coefficient (Wildman–Crippen LogP) is 5.17. The highest BCUT2D eigenvalue weighted by atomic mass is 32.2. The molecule has 5 nitrogen and oxygen atoms in total. The van der Waals surface area contributed by atoms with Gasteiger partial charge in [-0.25, -0.2) is 8.60 Å². The molecule has 7 heteroatoms. The minimum absolute atomic E-state index is 0.0626. The smallest absolute Gasteiger partial charge is 0.258 e. The molecule has 2 heterocycles. The fourth-order valence-electron chi connectivity index (χ4n) is 3.93. The number of pyridine rings is 1. The third kappa shape index (κ3) is 3.87. The standard InChI is InChI=1S/C25H20FN3O2S/c26-23-16-20(29-13-4-14-32(29)31)9-10-22(23)25(30)28-19-7-3-6-18(15-19)24-21-8-2-1-5-17(21)11-12-27-24/h1-3,5-12,15-16H,4,13-14H2,(H,28,30). The first-order valence-corrected chi connectivity index (χ1v) is 11.6. The van der Waals surface area contributed by atoms with Gasteiger partial charge in [0.2, 0.25) is 0 Å². The van der Waals surface area contributed by atoms with Gasteiger partial charge in [-0.15, -0.1) is 0 Å². The second-order valence-electron chi connectivity index (χ2n) is 7.56. The van der Waals surface area contributed by atoms with Gasteiger partial charge in [0.15, 0.2) is 0 Å². The fourth-order valence-corrected chi connectivity index (χ4v) is 5.20. The lowest BCUT2D eigenvalue weighted by atomic mass is 10.0. The average Bonchev–Trinajstić information content (AvgIpc) is 3.24. The number of rotatable bonds is 4. The number of benzene rings is 3. The molecule has 1 atom stereocenters. The Morgan fingerprint density at radius 3 is 2.72 bits per heavy atom. The molecule has 32 heavy (non-hydrogen) atoms. The lowest BCUT2D eigenvalue weighted by Gasteiger charge is -2.16. The molecule has 0 spiro atoms. The number of aromatic nitrogens is 1. The van der Waals surface area contributed by atoms with E-state index in [1.807, 2.05) is 48.5 Å². The number of hydrogen-bond acceptors (Lipinski definition) is 3. The Balaban J connectivity index is 1.40. The van der Waals surface area contributed by atoms with Crippen LogP contribution in [0, 0.1) is 5.82 Å². The van der Waals surface area contributed by atoms with Gasteiger partial charge in [-0.2, -0.15) is 0 Å². The van der Waals surface area contributed by atoms with Gasteiger partial charge >= 0.3 is 0 Å². The van der Waals surface area contributed by atoms with Crippen molar-refractivity contribution in [3.63, 3.8) is 0 Å². The van der Waals surface area contributed by atoms with Crippen LogP contribution in [0.4, 0.5) is 15.8 Å². The second kappa shape index (κ2) is 8.51. The Labute approximate surface area is 187 Å². The highest BCUT2D eigenvalue weighted by Crippen LogP contribution is 2.29. The lowest BCUT2D eigenvalue weighted by molar-refractivity contribution is 0.102. The quantitative estimate of drug-likeness (QED) is 0.472. The van der Waals surface area contributed by atoms with E-state index in [1.165, 1.54) is 12.1 Å². The van der Waals surface area contributed by atoms with Gasteiger partial charge in [0.1, 0.15) is 16.8 Å². The maximum absolute atomic E-state index is 14.7. The third-order valence-electron chi connectivity index (χ3n) is 5.48. The summed E-state index contributed by atoms with van der Waals surface area (Å²) < 4.78 is 28.4. The molecule has 3 aromatic carbocycles. The molecule has 0 aliphatic carbocycles. The molecule has 5 rings (SSSR count). The normalized spacial score (nSPS) is 15.8. The van der Waals surface area contributed by atoms with E-state index in [4.69, 9.17) is 0 Å². The second-order valence-corrected chi connectivity index (χ2v) is 9.05. The summed E-state index contributed by atoms with van der Waals surface area (Å²) in [6.07, 6.45) is 2.56. The van der Waals surface area contributed by atoms with E-state index < -0.39 is 22.7 Å². The number of halogens is 1. The predicted molar refractivity (Wildman–Crippen MR) is 127 cm³/mol. The van der Waals surface area contributed by atoms with E-state index in [0.29, 0.717) is 23.7 Å². The van der Waals surface area contributed by atoms with E-state index in [9.17, 15) is 13.4 Å². The molecule has 0 saturated carbocycles. The van der Waals surface area contributed by atoms with Crippen LogP contribution in [0.25, 0.3) is 22.0 Å². The van der Waals surface area contributed by atoms with Crippen molar-refractivity contribution in [2.24, 2.45) is 0 Å². The topological polar surface area (TPSA) is 62.3 Å². The minimum atomic E-state index is -1.14. The van der Waals surface area contributed by atoms with Crippen molar-refractivity contribution in [3.05, 3.63) is 90.4 Å². The molecule has 1 aliphatic rings. The number of amides is 1. The van der Waals surface area contributed by atoms with Crippen LogP contribution in [-0.2, 0) is 11.0 Å². The number of anilines is 2. The van der Waals surface area contributed by atoms with Crippen LogP contribution in [0.1, 0.15) is 16.8 Å². The summed E-state index contributed by atoms with van der Waals surface area (Å²) in [5, 5.41) is 4.86. The summed E-state index contributed by atoms with van der Waals surface area (Å²) in [6, 6.07) is 21.6. The first-order valence-electron chi connectivity index (χ1n) is 10.3. The van der Waals surface area contributed by atoms with Gasteiger partial charge in [0.25, 0.3) is 5.91 Å². The molecule has 1 unspecified atom stereocenters. The van der Waals surface area contributed by atoms with Gasteiger partial charge < -0.3 is 5.32 Å². The third-order valence-corrected chi connectivity index (χ3v) is 7.00. The summed E-state index contributed by atoms with van der Waals surface area (Å²) in [7, 11) is -1.14. The molecule has 1 N–H and O–H groups in total. The van der Waals surface area contributed by atoms with Crippen LogP contribution >= 0.6 is 0 Å². The van der Waals surface area contributed by atoms with Crippen LogP contribution in [0.3, 0.4) is 0 Å². The van der Waals surface area contributed by atoms with Crippen molar-refractivity contribution in [3.8, 4) is 11.3 Å². The van der Waals surface area contributed by atoms with E-state index in [2.05, 4.69) is 10.3 Å². The van der Waals surface area contributed by atoms with Crippen molar-refractivity contribution in [1.82, 2.24) is 4.98 Å². The lowest BCUT2D eigenvalue weighted by Crippen LogP contribution is -2.20. The number of carbonyl (C=O) groups is 1. The summed E-state index contributed by atoms with van der Waals surface area (Å²) in [6.45, 7) is 0.618. The van der Waals surface area contributed by atoms with Gasteiger partial charge in [-0.1, -0.05) is 36.4 Å². The molecule has 160 valence electrons. The van der Waals surface area contributed by atoms with Gasteiger partial charge in [-0.3, -0.25) is 14.1 Å². The summed E-state index contributed by atoms with van der Waals surface area (Å²) >= 11 is 0. The molecule has 1 fully saturated rings. The van der Waals surface area contributed by atoms with Gasteiger partial charge in [-0.05, 0) is 48.2 Å². The van der Waals surface area contributed by atoms with Crippen molar-refractivity contribution >= 4 is 39.0 Å². The summed E-state index contributed by atoms with van der Waals surface area (Å²) in [5.74, 6) is -0.610. The van der Waals surface area contributed by atoms with Crippen molar-refractivity contribution in [2.45, 2.75) is 6.42 Å². The number of carbonyl (C=O) groups excluding carboxylic acids is 1. The number of nitrogens with zero attached hydrogens (tertiary/aromatic N) is 2. The molecule has 1 aromatic heterocycles. The molecule has 4 aromatic rings. The number of hydrogen-bond donors (Lipinski definition) is 1. The molecule has 1 amide bonds. The van der Waals surface area contributed by atoms with Gasteiger partial charge in [0, 0.05) is 35.1 Å². The number of nitrogens with one attached hydrogen (secondary N) is 1. The number of fused-ring (bicyclic) bond motifs is 1. The Morgan fingerprint density at radius 1 is 1.03 bits per heavy atom. The molecular weight excluding hydrogens is 425 g/mol. The van der Waals surface area contributed by atoms with Crippen LogP contribution < -0.4 is 9.62 Å². The Bertz CT molecular complexity index is 1350. The van der Waals surface area contributed by atoms with Crippen molar-refractivity contribution in [1.29, 1.82) is 0 Å². The van der Waals surface area contributed by atoms with E-state index >= 15 is 0 Å². The zero-order valence-corrected chi connectivity index (χ0v) is 17.9. The molecule has 0 bridgehead atoms. The zero-order chi connectivity index (χ0) is 22.1. The van der Waals surface area contributed by atoms with Crippen molar-refractivity contribution in [2.75, 3.05) is 21.9 Å². The van der Waals surface area contributed by atoms with E-state index in [-0.39, 0.29) is 5.56 Å². The van der Waals surface area contributed by atoms with Crippen LogP contribution in [0.5, 0.6) is 0 Å². The first kappa shape index (κ1) is 20.3. The Morgan fingerprint density at radius 2 is 1.91 bits per heavy atom. The molecule has 1 aliphatic heterocycles. The highest BCUT2D eigenvalue weighted by molar-refractivity contribution is 7.86. The monoisotopic (exact) mass is 445 g/mol. The van der Waals surface area contributed by atoms with Crippen molar-refractivity contribution < 1.29 is 13.4 Å². The summed E-state index contributed by atoms with van der Waals surface area (Å²) in [5.41, 5.74) is 2.68. The van der Waals surface area contributed by atoms with Crippen LogP contribution in [0.15, 0.2) is 79.0 Å². The molecule has 0 radical (unpaired) electrons.